The minimum atomic E-state index is -0.359. The van der Waals surface area contributed by atoms with Crippen molar-refractivity contribution in [3.63, 3.8) is 0 Å². The lowest BCUT2D eigenvalue weighted by Gasteiger charge is -2.32. The third kappa shape index (κ3) is 4.39. The van der Waals surface area contributed by atoms with Crippen molar-refractivity contribution in [3.8, 4) is 11.5 Å². The summed E-state index contributed by atoms with van der Waals surface area (Å²) in [5.41, 5.74) is 3.30. The Bertz CT molecular complexity index is 995. The Morgan fingerprint density at radius 2 is 0.767 bits per heavy atom. The van der Waals surface area contributed by atoms with Gasteiger partial charge in [0.1, 0.15) is 11.5 Å². The molecule has 150 valence electrons. The summed E-state index contributed by atoms with van der Waals surface area (Å²) in [7, 11) is 0. The van der Waals surface area contributed by atoms with Crippen LogP contribution in [0.5, 0.6) is 11.5 Å². The number of aromatic hydroxyl groups is 2. The number of para-hydroxylation sites is 4. The quantitative estimate of drug-likeness (QED) is 0.305. The molecule has 4 nitrogen and oxygen atoms in total. The van der Waals surface area contributed by atoms with E-state index in [4.69, 9.17) is 0 Å². The number of phenols is 2. The van der Waals surface area contributed by atoms with Gasteiger partial charge in [0.2, 0.25) is 0 Å². The topological polar surface area (TPSA) is 64.5 Å². The predicted octanol–water partition coefficient (Wildman–Crippen LogP) is 6.10. The lowest BCUT2D eigenvalue weighted by atomic mass is 9.91. The van der Waals surface area contributed by atoms with Crippen LogP contribution >= 0.6 is 0 Å². The lowest BCUT2D eigenvalue weighted by Crippen LogP contribution is -2.26. The lowest BCUT2D eigenvalue weighted by molar-refractivity contribution is 0.447. The van der Waals surface area contributed by atoms with Crippen LogP contribution in [0.4, 0.5) is 11.4 Å². The van der Waals surface area contributed by atoms with Gasteiger partial charge in [-0.05, 0) is 36.4 Å². The molecule has 0 aromatic heterocycles. The van der Waals surface area contributed by atoms with E-state index in [9.17, 15) is 10.2 Å². The molecule has 0 radical (unpaired) electrons. The minimum absolute atomic E-state index is 0.196. The minimum Gasteiger partial charge on any atom is -0.508 e. The highest BCUT2D eigenvalue weighted by Gasteiger charge is 2.29. The third-order valence-electron chi connectivity index (χ3n) is 5.07. The van der Waals surface area contributed by atoms with Crippen LogP contribution in [0.1, 0.15) is 23.2 Å². The molecule has 4 N–H and O–H groups in total. The van der Waals surface area contributed by atoms with Crippen molar-refractivity contribution in [2.45, 2.75) is 12.1 Å². The molecule has 0 bridgehead atoms. The fraction of sp³-hybridized carbons (Fsp3) is 0.0769. The van der Waals surface area contributed by atoms with Gasteiger partial charge < -0.3 is 20.8 Å². The maximum Gasteiger partial charge on any atom is 0.120 e. The zero-order valence-corrected chi connectivity index (χ0v) is 16.4. The number of benzene rings is 4. The van der Waals surface area contributed by atoms with Crippen molar-refractivity contribution in [1.29, 1.82) is 0 Å². The summed E-state index contributed by atoms with van der Waals surface area (Å²) in [5.74, 6) is 0.391. The fourth-order valence-corrected chi connectivity index (χ4v) is 3.61. The van der Waals surface area contributed by atoms with Gasteiger partial charge in [0, 0.05) is 22.5 Å². The van der Waals surface area contributed by atoms with E-state index in [0.717, 1.165) is 22.5 Å². The highest BCUT2D eigenvalue weighted by atomic mass is 16.3. The molecular formula is C26H24N2O2. The molecule has 4 aromatic carbocycles. The van der Waals surface area contributed by atoms with E-state index in [2.05, 4.69) is 10.6 Å². The maximum absolute atomic E-state index is 10.7. The monoisotopic (exact) mass is 396 g/mol. The number of nitrogens with one attached hydrogen (secondary N) is 2. The molecule has 0 saturated carbocycles. The molecule has 0 aliphatic rings. The van der Waals surface area contributed by atoms with Crippen LogP contribution in [0.2, 0.25) is 0 Å². The Hall–Kier alpha value is -3.92. The molecule has 4 heteroatoms. The molecule has 0 saturated heterocycles. The first-order valence-corrected chi connectivity index (χ1v) is 9.91. The molecular weight excluding hydrogens is 372 g/mol. The molecule has 0 spiro atoms. The summed E-state index contributed by atoms with van der Waals surface area (Å²) in [5, 5.41) is 28.4. The average Bonchev–Trinajstić information content (AvgIpc) is 2.79. The van der Waals surface area contributed by atoms with Crippen LogP contribution in [0, 0.1) is 0 Å². The van der Waals surface area contributed by atoms with E-state index in [1.54, 1.807) is 24.3 Å². The number of hydrogen-bond acceptors (Lipinski definition) is 4. The molecule has 30 heavy (non-hydrogen) atoms. The summed E-state index contributed by atoms with van der Waals surface area (Å²) < 4.78 is 0. The molecule has 0 heterocycles. The van der Waals surface area contributed by atoms with E-state index in [0.29, 0.717) is 0 Å². The second-order valence-corrected chi connectivity index (χ2v) is 7.09. The number of hydrogen-bond donors (Lipinski definition) is 4. The highest BCUT2D eigenvalue weighted by molar-refractivity contribution is 5.54. The number of rotatable bonds is 7. The van der Waals surface area contributed by atoms with Crippen molar-refractivity contribution in [1.82, 2.24) is 0 Å². The Balaban J connectivity index is 1.83. The van der Waals surface area contributed by atoms with Crippen LogP contribution in [-0.2, 0) is 0 Å². The molecule has 4 aromatic rings. The molecule has 0 aliphatic heterocycles. The zero-order chi connectivity index (χ0) is 20.8. The van der Waals surface area contributed by atoms with Gasteiger partial charge in [0.15, 0.2) is 0 Å². The van der Waals surface area contributed by atoms with E-state index >= 15 is 0 Å². The van der Waals surface area contributed by atoms with Gasteiger partial charge in [-0.1, -0.05) is 72.8 Å². The first kappa shape index (κ1) is 19.4. The normalized spacial score (nSPS) is 12.7. The molecule has 0 amide bonds. The van der Waals surface area contributed by atoms with Crippen molar-refractivity contribution in [2.24, 2.45) is 0 Å². The van der Waals surface area contributed by atoms with Crippen LogP contribution in [0.15, 0.2) is 109 Å². The number of phenolic OH excluding ortho intramolecular Hbond substituents is 2. The fourth-order valence-electron chi connectivity index (χ4n) is 3.61. The Morgan fingerprint density at radius 1 is 0.433 bits per heavy atom. The third-order valence-corrected chi connectivity index (χ3v) is 5.07. The second kappa shape index (κ2) is 9.05. The Labute approximate surface area is 176 Å². The largest absolute Gasteiger partial charge is 0.508 e. The van der Waals surface area contributed by atoms with Crippen molar-refractivity contribution >= 4 is 11.4 Å². The maximum atomic E-state index is 10.7. The highest BCUT2D eigenvalue weighted by Crippen LogP contribution is 2.41. The van der Waals surface area contributed by atoms with E-state index in [1.165, 1.54) is 0 Å². The van der Waals surface area contributed by atoms with Crippen LogP contribution < -0.4 is 10.6 Å². The van der Waals surface area contributed by atoms with Crippen molar-refractivity contribution < 1.29 is 10.2 Å². The van der Waals surface area contributed by atoms with Gasteiger partial charge >= 0.3 is 0 Å². The molecule has 0 aliphatic carbocycles. The van der Waals surface area contributed by atoms with E-state index in [1.807, 2.05) is 84.9 Å². The van der Waals surface area contributed by atoms with E-state index in [-0.39, 0.29) is 23.6 Å². The first-order valence-electron chi connectivity index (χ1n) is 9.91. The smallest absolute Gasteiger partial charge is 0.120 e. The van der Waals surface area contributed by atoms with Crippen LogP contribution in [0.3, 0.4) is 0 Å². The SMILES string of the molecule is Oc1ccccc1[C@H](Nc1ccccc1)[C@@H](Nc1ccccc1)c1ccccc1O. The van der Waals surface area contributed by atoms with E-state index < -0.39 is 0 Å². The summed E-state index contributed by atoms with van der Waals surface area (Å²) in [6.45, 7) is 0. The van der Waals surface area contributed by atoms with Crippen LogP contribution in [-0.4, -0.2) is 10.2 Å². The first-order chi connectivity index (χ1) is 14.7. The summed E-state index contributed by atoms with van der Waals surface area (Å²) >= 11 is 0. The van der Waals surface area contributed by atoms with Gasteiger partial charge in [0.25, 0.3) is 0 Å². The molecule has 4 rings (SSSR count). The van der Waals surface area contributed by atoms with Gasteiger partial charge in [0.05, 0.1) is 12.1 Å². The van der Waals surface area contributed by atoms with Gasteiger partial charge in [-0.15, -0.1) is 0 Å². The summed E-state index contributed by atoms with van der Waals surface area (Å²) in [4.78, 5) is 0. The predicted molar refractivity (Wildman–Crippen MR) is 122 cm³/mol. The zero-order valence-electron chi connectivity index (χ0n) is 16.4. The standard InChI is InChI=1S/C26H24N2O2/c29-23-17-9-7-15-21(23)25(27-19-11-3-1-4-12-19)26(22-16-8-10-18-24(22)30)28-20-13-5-2-6-14-20/h1-18,25-30H/t25-,26-/m0/s1. The average molecular weight is 396 g/mol. The Kier molecular flexibility index (Phi) is 5.85. The molecule has 0 fully saturated rings. The van der Waals surface area contributed by atoms with Crippen molar-refractivity contribution in [2.75, 3.05) is 10.6 Å². The van der Waals surface area contributed by atoms with Crippen molar-refractivity contribution in [3.05, 3.63) is 120 Å². The van der Waals surface area contributed by atoms with Crippen LogP contribution in [0.25, 0.3) is 0 Å². The van der Waals surface area contributed by atoms with Gasteiger partial charge in [-0.3, -0.25) is 0 Å². The molecule has 0 unspecified atom stereocenters. The second-order valence-electron chi connectivity index (χ2n) is 7.09. The Morgan fingerprint density at radius 3 is 1.13 bits per heavy atom. The summed E-state index contributed by atoms with van der Waals surface area (Å²) in [6, 6.07) is 33.6. The van der Waals surface area contributed by atoms with Gasteiger partial charge in [-0.25, -0.2) is 0 Å². The van der Waals surface area contributed by atoms with Gasteiger partial charge in [-0.2, -0.15) is 0 Å². The molecule has 2 atom stereocenters. The number of anilines is 2. The summed E-state index contributed by atoms with van der Waals surface area (Å²) in [6.07, 6.45) is 0.